The summed E-state index contributed by atoms with van der Waals surface area (Å²) in [7, 11) is 3.79. The van der Waals surface area contributed by atoms with Gasteiger partial charge in [-0.25, -0.2) is 0 Å². The van der Waals surface area contributed by atoms with Crippen LogP contribution in [0.25, 0.3) is 0 Å². The van der Waals surface area contributed by atoms with Gasteiger partial charge in [0.25, 0.3) is 5.56 Å². The van der Waals surface area contributed by atoms with E-state index in [1.165, 1.54) is 17.2 Å². The lowest BCUT2D eigenvalue weighted by Gasteiger charge is -2.28. The summed E-state index contributed by atoms with van der Waals surface area (Å²) in [6, 6.07) is 8.29. The Morgan fingerprint density at radius 3 is 2.44 bits per heavy atom. The number of alkyl halides is 3. The summed E-state index contributed by atoms with van der Waals surface area (Å²) in [6.07, 6.45) is 2.99. The van der Waals surface area contributed by atoms with Crippen LogP contribution in [0, 0.1) is 0 Å². The summed E-state index contributed by atoms with van der Waals surface area (Å²) < 4.78 is 32.1. The Morgan fingerprint density at radius 2 is 1.84 bits per heavy atom. The van der Waals surface area contributed by atoms with E-state index in [2.05, 4.69) is 24.1 Å². The number of hydrogen-bond acceptors (Lipinski definition) is 7. The molecule has 8 nitrogen and oxygen atoms in total. The predicted octanol–water partition coefficient (Wildman–Crippen LogP) is 6.55. The molecule has 0 unspecified atom stereocenters. The molecule has 2 aromatic carbocycles. The zero-order valence-electron chi connectivity index (χ0n) is 23.3. The van der Waals surface area contributed by atoms with Crippen molar-refractivity contribution < 1.29 is 23.1 Å². The van der Waals surface area contributed by atoms with Crippen molar-refractivity contribution in [1.82, 2.24) is 9.88 Å². The number of nitrogens with two attached hydrogens (primary N) is 1. The fourth-order valence-corrected chi connectivity index (χ4v) is 6.67. The van der Waals surface area contributed by atoms with Crippen molar-refractivity contribution in [2.24, 2.45) is 5.73 Å². The molecule has 3 aromatic rings. The molecule has 1 saturated heterocycles. The number of carbonyl (C=O) groups excluding carboxylic acids is 2. The largest absolute Gasteiger partial charge is 0.495 e. The fourth-order valence-electron chi connectivity index (χ4n) is 4.85. The number of aldehydes is 1. The average Bonchev–Trinajstić information content (AvgIpc) is 3.33. The molecule has 2 aliphatic rings. The van der Waals surface area contributed by atoms with Gasteiger partial charge in [-0.05, 0) is 72.4 Å². The number of piperidine rings is 1. The molecule has 0 aliphatic carbocycles. The number of aromatic nitrogens is 1. The Balaban J connectivity index is 0.000000202. The average molecular weight is 674 g/mol. The Bertz CT molecular complexity index is 1600. The molecule has 2 aliphatic heterocycles. The minimum atomic E-state index is -3.80. The molecule has 3 heterocycles. The number of ether oxygens (including phenoxy) is 1. The highest BCUT2D eigenvalue weighted by molar-refractivity contribution is 7.99. The van der Waals surface area contributed by atoms with E-state index in [1.54, 1.807) is 13.2 Å². The molecule has 1 amide bonds. The zero-order valence-corrected chi connectivity index (χ0v) is 26.4. The first-order valence-electron chi connectivity index (χ1n) is 13.2. The molecule has 0 spiro atoms. The highest BCUT2D eigenvalue weighted by atomic mass is 35.5. The summed E-state index contributed by atoms with van der Waals surface area (Å²) in [4.78, 5) is 41.4. The highest BCUT2D eigenvalue weighted by Gasteiger charge is 2.31. The van der Waals surface area contributed by atoms with Crippen LogP contribution in [0.4, 0.5) is 14.5 Å². The zero-order chi connectivity index (χ0) is 31.5. The van der Waals surface area contributed by atoms with E-state index < -0.39 is 16.6 Å². The van der Waals surface area contributed by atoms with E-state index in [9.17, 15) is 23.2 Å². The normalized spacial score (nSPS) is 15.2. The van der Waals surface area contributed by atoms with Gasteiger partial charge >= 0.3 is 5.38 Å². The van der Waals surface area contributed by atoms with Crippen molar-refractivity contribution in [1.29, 1.82) is 0 Å². The molecular weight excluding hydrogens is 645 g/mol. The lowest BCUT2D eigenvalue weighted by atomic mass is 10.0. The monoisotopic (exact) mass is 672 g/mol. The molecule has 1 fully saturated rings. The number of fused-ring (bicyclic) bond motifs is 1. The molecule has 0 radical (unpaired) electrons. The maximum atomic E-state index is 13.3. The van der Waals surface area contributed by atoms with Crippen molar-refractivity contribution in [2.45, 2.75) is 54.1 Å². The number of amides is 1. The van der Waals surface area contributed by atoms with Crippen molar-refractivity contribution in [3.05, 3.63) is 78.7 Å². The molecule has 3 N–H and O–H groups in total. The van der Waals surface area contributed by atoms with Gasteiger partial charge in [0, 0.05) is 42.4 Å². The Morgan fingerprint density at radius 1 is 1.14 bits per heavy atom. The summed E-state index contributed by atoms with van der Waals surface area (Å²) >= 11 is 18.0. The minimum Gasteiger partial charge on any atom is -0.495 e. The number of H-pyrrole nitrogens is 1. The van der Waals surface area contributed by atoms with Gasteiger partial charge in [-0.1, -0.05) is 41.0 Å². The van der Waals surface area contributed by atoms with Gasteiger partial charge in [0.15, 0.2) is 6.29 Å². The second-order valence-corrected chi connectivity index (χ2v) is 12.3. The molecule has 0 saturated carbocycles. The maximum Gasteiger partial charge on any atom is 0.362 e. The lowest BCUT2D eigenvalue weighted by Crippen LogP contribution is -2.35. The summed E-state index contributed by atoms with van der Waals surface area (Å²) in [6.45, 7) is 2.85. The second kappa shape index (κ2) is 14.0. The van der Waals surface area contributed by atoms with Gasteiger partial charge in [0.2, 0.25) is 5.91 Å². The van der Waals surface area contributed by atoms with E-state index in [1.807, 2.05) is 9.88 Å². The number of rotatable bonds is 7. The van der Waals surface area contributed by atoms with Crippen LogP contribution in [-0.4, -0.2) is 42.8 Å². The van der Waals surface area contributed by atoms with Gasteiger partial charge in [-0.15, -0.1) is 0 Å². The van der Waals surface area contributed by atoms with Crippen molar-refractivity contribution in [3.63, 3.8) is 0 Å². The summed E-state index contributed by atoms with van der Waals surface area (Å²) in [5, 5.41) is -3.37. The van der Waals surface area contributed by atoms with Crippen molar-refractivity contribution in [3.8, 4) is 5.75 Å². The summed E-state index contributed by atoms with van der Waals surface area (Å²) in [5.74, 6) is 1.04. The quantitative estimate of drug-likeness (QED) is 0.216. The van der Waals surface area contributed by atoms with Gasteiger partial charge in [0.1, 0.15) is 11.4 Å². The molecule has 230 valence electrons. The second-order valence-electron chi connectivity index (χ2n) is 10.0. The Hall–Kier alpha value is -2.67. The third kappa shape index (κ3) is 7.53. The van der Waals surface area contributed by atoms with Gasteiger partial charge in [-0.3, -0.25) is 19.3 Å². The number of anilines is 1. The number of aromatic amines is 1. The van der Waals surface area contributed by atoms with E-state index in [-0.39, 0.29) is 39.2 Å². The Labute approximate surface area is 266 Å². The van der Waals surface area contributed by atoms with E-state index in [4.69, 9.17) is 45.3 Å². The smallest absolute Gasteiger partial charge is 0.362 e. The van der Waals surface area contributed by atoms with Crippen molar-refractivity contribution in [2.75, 3.05) is 25.6 Å². The third-order valence-corrected chi connectivity index (χ3v) is 9.37. The number of halogens is 5. The van der Waals surface area contributed by atoms with Crippen LogP contribution in [0.1, 0.15) is 52.0 Å². The summed E-state index contributed by atoms with van der Waals surface area (Å²) in [5.41, 5.74) is 7.53. The van der Waals surface area contributed by atoms with Crippen LogP contribution in [0.2, 0.25) is 10.0 Å². The fraction of sp³-hybridized carbons (Fsp3) is 0.345. The molecule has 0 atom stereocenters. The van der Waals surface area contributed by atoms with Gasteiger partial charge in [-0.2, -0.15) is 8.78 Å². The SMILES string of the molecule is COc1cc2c(cc1N1CCCCC1=O)CN(C)C2.NCc1ccc(Cl)c(Sc2cc(C(F)(F)Cl)[nH]c(=O)c2C=O)c1Cl. The first-order chi connectivity index (χ1) is 20.4. The van der Waals surface area contributed by atoms with Crippen LogP contribution >= 0.6 is 46.6 Å². The van der Waals surface area contributed by atoms with Crippen LogP contribution in [-0.2, 0) is 29.8 Å². The maximum absolute atomic E-state index is 13.3. The van der Waals surface area contributed by atoms with Crippen LogP contribution < -0.4 is 20.9 Å². The van der Waals surface area contributed by atoms with Crippen LogP contribution in [0.5, 0.6) is 5.75 Å². The first-order valence-corrected chi connectivity index (χ1v) is 15.2. The number of nitrogens with zero attached hydrogens (tertiary/aromatic N) is 2. The van der Waals surface area contributed by atoms with Crippen molar-refractivity contribution >= 4 is 64.4 Å². The number of hydrogen-bond donors (Lipinski definition) is 2. The minimum absolute atomic E-state index is 0.0537. The standard InChI is InChI=1S/C15H20N2O2.C14H9Cl3F2N2O2S/c1-16-9-11-7-13(14(19-2)8-12(11)10-16)17-6-4-3-5-15(17)18;15-8-2-1-6(4-20)11(16)12(8)24-9-3-10(14(17,18)19)21-13(23)7(9)5-22/h7-8H,3-6,9-10H2,1-2H3;1-3,5H,4,20H2,(H,21,23). The first kappa shape index (κ1) is 33.2. The van der Waals surface area contributed by atoms with E-state index >= 15 is 0 Å². The molecule has 43 heavy (non-hydrogen) atoms. The van der Waals surface area contributed by atoms with Crippen LogP contribution in [0.3, 0.4) is 0 Å². The number of carbonyl (C=O) groups is 2. The predicted molar refractivity (Wildman–Crippen MR) is 165 cm³/mol. The number of nitrogens with one attached hydrogen (secondary N) is 1. The molecule has 14 heteroatoms. The Kier molecular flexibility index (Phi) is 10.8. The lowest BCUT2D eigenvalue weighted by molar-refractivity contribution is -0.119. The van der Waals surface area contributed by atoms with Gasteiger partial charge in [0.05, 0.1) is 28.4 Å². The molecule has 5 rings (SSSR count). The van der Waals surface area contributed by atoms with Crippen LogP contribution in [0.15, 0.2) is 44.9 Å². The van der Waals surface area contributed by atoms with E-state index in [0.29, 0.717) is 16.9 Å². The molecular formula is C29H29Cl3F2N4O4S. The van der Waals surface area contributed by atoms with Gasteiger partial charge < -0.3 is 20.4 Å². The van der Waals surface area contributed by atoms with E-state index in [0.717, 1.165) is 61.7 Å². The molecule has 0 bridgehead atoms. The number of methoxy groups -OCH3 is 1. The number of pyridine rings is 1. The third-order valence-electron chi connectivity index (χ3n) is 7.01. The topological polar surface area (TPSA) is 109 Å². The molecule has 1 aromatic heterocycles. The highest BCUT2D eigenvalue weighted by Crippen LogP contribution is 2.42. The number of benzene rings is 2.